The highest BCUT2D eigenvalue weighted by Gasteiger charge is 2.34. The van der Waals surface area contributed by atoms with Crippen LogP contribution in [-0.4, -0.2) is 61.3 Å². The Morgan fingerprint density at radius 1 is 1.12 bits per heavy atom. The minimum Gasteiger partial charge on any atom is -0.378 e. The van der Waals surface area contributed by atoms with E-state index in [0.29, 0.717) is 38.1 Å². The minimum atomic E-state index is 0.0681. The maximum absolute atomic E-state index is 12.5. The van der Waals surface area contributed by atoms with Crippen molar-refractivity contribution in [1.29, 1.82) is 0 Å². The molecule has 0 radical (unpaired) electrons. The summed E-state index contributed by atoms with van der Waals surface area (Å²) in [5.74, 6) is 0.893. The van der Waals surface area contributed by atoms with Gasteiger partial charge in [-0.2, -0.15) is 0 Å². The van der Waals surface area contributed by atoms with Gasteiger partial charge in [-0.05, 0) is 17.4 Å². The Balaban J connectivity index is 1.54. The standard InChI is InChI=1S/C19H29N3O2/c1-15-12-21(14-17-6-4-3-5-7-17)13-16(2)18(15)20-19(23)22-8-10-24-11-9-22/h3-7,15-16,18H,8-14H2,1-2H3,(H,20,23). The molecule has 2 atom stereocenters. The summed E-state index contributed by atoms with van der Waals surface area (Å²) in [5, 5.41) is 3.28. The van der Waals surface area contributed by atoms with Gasteiger partial charge in [0.1, 0.15) is 0 Å². The molecule has 1 aromatic rings. The molecule has 5 heteroatoms. The van der Waals surface area contributed by atoms with Crippen molar-refractivity contribution in [3.05, 3.63) is 35.9 Å². The molecule has 2 heterocycles. The smallest absolute Gasteiger partial charge is 0.317 e. The van der Waals surface area contributed by atoms with Crippen LogP contribution in [0.2, 0.25) is 0 Å². The van der Waals surface area contributed by atoms with Gasteiger partial charge in [0.2, 0.25) is 0 Å². The van der Waals surface area contributed by atoms with Crippen molar-refractivity contribution < 1.29 is 9.53 Å². The van der Waals surface area contributed by atoms with Gasteiger partial charge in [-0.25, -0.2) is 4.79 Å². The molecule has 1 aromatic carbocycles. The van der Waals surface area contributed by atoms with E-state index in [1.807, 2.05) is 4.90 Å². The predicted octanol–water partition coefficient (Wildman–Crippen LogP) is 2.18. The zero-order valence-corrected chi connectivity index (χ0v) is 14.8. The highest BCUT2D eigenvalue weighted by Crippen LogP contribution is 2.24. The molecule has 2 fully saturated rings. The number of hydrogen-bond donors (Lipinski definition) is 1. The maximum Gasteiger partial charge on any atom is 0.317 e. The number of nitrogens with one attached hydrogen (secondary N) is 1. The Morgan fingerprint density at radius 3 is 2.38 bits per heavy atom. The van der Waals surface area contributed by atoms with Gasteiger partial charge >= 0.3 is 6.03 Å². The van der Waals surface area contributed by atoms with E-state index in [0.717, 1.165) is 19.6 Å². The summed E-state index contributed by atoms with van der Waals surface area (Å²) >= 11 is 0. The number of urea groups is 1. The van der Waals surface area contributed by atoms with Gasteiger partial charge in [0.25, 0.3) is 0 Å². The van der Waals surface area contributed by atoms with Gasteiger partial charge in [-0.1, -0.05) is 44.2 Å². The van der Waals surface area contributed by atoms with Gasteiger partial charge in [-0.15, -0.1) is 0 Å². The molecule has 0 saturated carbocycles. The van der Waals surface area contributed by atoms with Crippen LogP contribution >= 0.6 is 0 Å². The quantitative estimate of drug-likeness (QED) is 0.923. The fraction of sp³-hybridized carbons (Fsp3) is 0.632. The second kappa shape index (κ2) is 7.99. The van der Waals surface area contributed by atoms with Crippen LogP contribution in [0, 0.1) is 11.8 Å². The van der Waals surface area contributed by atoms with Gasteiger partial charge in [0, 0.05) is 38.8 Å². The van der Waals surface area contributed by atoms with E-state index in [1.165, 1.54) is 5.56 Å². The second-order valence-electron chi connectivity index (χ2n) is 7.21. The number of nitrogens with zero attached hydrogens (tertiary/aromatic N) is 2. The zero-order chi connectivity index (χ0) is 16.9. The Bertz CT molecular complexity index is 519. The summed E-state index contributed by atoms with van der Waals surface area (Å²) in [7, 11) is 0. The Hall–Kier alpha value is -1.59. The maximum atomic E-state index is 12.5. The summed E-state index contributed by atoms with van der Waals surface area (Å²) < 4.78 is 5.32. The van der Waals surface area contributed by atoms with E-state index in [-0.39, 0.29) is 12.1 Å². The number of hydrogen-bond acceptors (Lipinski definition) is 3. The molecule has 24 heavy (non-hydrogen) atoms. The number of benzene rings is 1. The van der Waals surface area contributed by atoms with Crippen LogP contribution < -0.4 is 5.32 Å². The molecule has 2 unspecified atom stereocenters. The molecule has 2 saturated heterocycles. The SMILES string of the molecule is CC1CN(Cc2ccccc2)CC(C)C1NC(=O)N1CCOCC1. The number of rotatable bonds is 3. The molecular formula is C19H29N3O2. The van der Waals surface area contributed by atoms with E-state index in [2.05, 4.69) is 54.4 Å². The van der Waals surface area contributed by atoms with Crippen LogP contribution in [0.3, 0.4) is 0 Å². The van der Waals surface area contributed by atoms with Crippen molar-refractivity contribution in [3.8, 4) is 0 Å². The fourth-order valence-corrected chi connectivity index (χ4v) is 3.93. The summed E-state index contributed by atoms with van der Waals surface area (Å²) in [6.45, 7) is 10.2. The highest BCUT2D eigenvalue weighted by atomic mass is 16.5. The molecule has 0 aliphatic carbocycles. The monoisotopic (exact) mass is 331 g/mol. The summed E-state index contributed by atoms with van der Waals surface area (Å²) in [5.41, 5.74) is 1.35. The minimum absolute atomic E-state index is 0.0681. The molecule has 5 nitrogen and oxygen atoms in total. The van der Waals surface area contributed by atoms with Crippen LogP contribution in [-0.2, 0) is 11.3 Å². The van der Waals surface area contributed by atoms with E-state index in [9.17, 15) is 4.79 Å². The van der Waals surface area contributed by atoms with E-state index in [4.69, 9.17) is 4.74 Å². The van der Waals surface area contributed by atoms with Crippen LogP contribution in [0.25, 0.3) is 0 Å². The van der Waals surface area contributed by atoms with Gasteiger partial charge in [0.05, 0.1) is 13.2 Å². The third-order valence-electron chi connectivity index (χ3n) is 5.16. The molecule has 0 bridgehead atoms. The van der Waals surface area contributed by atoms with Crippen LogP contribution in [0.15, 0.2) is 30.3 Å². The number of carbonyl (C=O) groups excluding carboxylic acids is 1. The largest absolute Gasteiger partial charge is 0.378 e. The first-order valence-electron chi connectivity index (χ1n) is 9.03. The number of carbonyl (C=O) groups is 1. The van der Waals surface area contributed by atoms with Gasteiger partial charge in [-0.3, -0.25) is 4.90 Å². The normalized spacial score (nSPS) is 28.6. The molecule has 2 aliphatic heterocycles. The molecule has 0 aromatic heterocycles. The zero-order valence-electron chi connectivity index (χ0n) is 14.8. The third kappa shape index (κ3) is 4.28. The first-order chi connectivity index (χ1) is 11.6. The van der Waals surface area contributed by atoms with Crippen LogP contribution in [0.1, 0.15) is 19.4 Å². The van der Waals surface area contributed by atoms with Crippen LogP contribution in [0.5, 0.6) is 0 Å². The lowest BCUT2D eigenvalue weighted by atomic mass is 9.85. The van der Waals surface area contributed by atoms with Crippen molar-refractivity contribution in [2.24, 2.45) is 11.8 Å². The van der Waals surface area contributed by atoms with E-state index < -0.39 is 0 Å². The van der Waals surface area contributed by atoms with Crippen molar-refractivity contribution in [2.45, 2.75) is 26.4 Å². The molecule has 2 amide bonds. The van der Waals surface area contributed by atoms with Crippen LogP contribution in [0.4, 0.5) is 4.79 Å². The van der Waals surface area contributed by atoms with Crippen molar-refractivity contribution in [2.75, 3.05) is 39.4 Å². The van der Waals surface area contributed by atoms with Crippen molar-refractivity contribution >= 4 is 6.03 Å². The number of likely N-dealkylation sites (tertiary alicyclic amines) is 1. The van der Waals surface area contributed by atoms with Gasteiger partial charge < -0.3 is 15.0 Å². The first kappa shape index (κ1) is 17.2. The fourth-order valence-electron chi connectivity index (χ4n) is 3.93. The predicted molar refractivity (Wildman–Crippen MR) is 94.8 cm³/mol. The molecule has 3 rings (SSSR count). The number of piperidine rings is 1. The first-order valence-corrected chi connectivity index (χ1v) is 9.03. The lowest BCUT2D eigenvalue weighted by Gasteiger charge is -2.42. The Kier molecular flexibility index (Phi) is 5.74. The average Bonchev–Trinajstić information content (AvgIpc) is 2.59. The Labute approximate surface area is 145 Å². The third-order valence-corrected chi connectivity index (χ3v) is 5.16. The number of morpholine rings is 1. The average molecular weight is 331 g/mol. The topological polar surface area (TPSA) is 44.8 Å². The highest BCUT2D eigenvalue weighted by molar-refractivity contribution is 5.74. The molecule has 1 N–H and O–H groups in total. The van der Waals surface area contributed by atoms with E-state index >= 15 is 0 Å². The summed E-state index contributed by atoms with van der Waals surface area (Å²) in [6.07, 6.45) is 0. The Morgan fingerprint density at radius 2 is 1.75 bits per heavy atom. The van der Waals surface area contributed by atoms with E-state index in [1.54, 1.807) is 0 Å². The summed E-state index contributed by atoms with van der Waals surface area (Å²) in [4.78, 5) is 16.9. The summed E-state index contributed by atoms with van der Waals surface area (Å²) in [6, 6.07) is 10.9. The molecule has 2 aliphatic rings. The van der Waals surface area contributed by atoms with Crippen molar-refractivity contribution in [3.63, 3.8) is 0 Å². The lowest BCUT2D eigenvalue weighted by molar-refractivity contribution is 0.0470. The van der Waals surface area contributed by atoms with Gasteiger partial charge in [0.15, 0.2) is 0 Å². The molecule has 132 valence electrons. The van der Waals surface area contributed by atoms with Crippen molar-refractivity contribution in [1.82, 2.24) is 15.1 Å². The molecular weight excluding hydrogens is 302 g/mol. The number of ether oxygens (including phenoxy) is 1. The lowest BCUT2D eigenvalue weighted by Crippen LogP contribution is -2.58. The second-order valence-corrected chi connectivity index (χ2v) is 7.21. The molecule has 0 spiro atoms. The number of amides is 2.